The lowest BCUT2D eigenvalue weighted by molar-refractivity contribution is -0.118. The van der Waals surface area contributed by atoms with Gasteiger partial charge in [-0.3, -0.25) is 14.2 Å². The first-order valence-electron chi connectivity index (χ1n) is 11.5. The van der Waals surface area contributed by atoms with Gasteiger partial charge < -0.3 is 0 Å². The fourth-order valence-electron chi connectivity index (χ4n) is 4.02. The molecule has 0 unspecified atom stereocenters. The molecule has 1 aromatic heterocycles. The van der Waals surface area contributed by atoms with Gasteiger partial charge in [0.1, 0.15) is 0 Å². The van der Waals surface area contributed by atoms with Gasteiger partial charge in [-0.2, -0.15) is 5.10 Å². The first-order chi connectivity index (χ1) is 17.5. The lowest BCUT2D eigenvalue weighted by Gasteiger charge is -2.14. The molecule has 0 saturated carbocycles. The molecule has 0 aliphatic heterocycles. The molecule has 5 rings (SSSR count). The van der Waals surface area contributed by atoms with Gasteiger partial charge in [-0.15, -0.1) is 0 Å². The molecule has 0 aliphatic rings. The molecular weight excluding hydrogens is 468 g/mol. The second kappa shape index (κ2) is 10.2. The summed E-state index contributed by atoms with van der Waals surface area (Å²) in [6.07, 6.45) is 0. The molecule has 0 saturated heterocycles. The predicted octanol–water partition coefficient (Wildman–Crippen LogP) is 5.48. The van der Waals surface area contributed by atoms with E-state index in [9.17, 15) is 9.59 Å². The van der Waals surface area contributed by atoms with Crippen molar-refractivity contribution >= 4 is 45.1 Å². The molecule has 0 radical (unpaired) electrons. The van der Waals surface area contributed by atoms with Gasteiger partial charge >= 0.3 is 0 Å². The Labute approximate surface area is 212 Å². The summed E-state index contributed by atoms with van der Waals surface area (Å²) in [5.74, 6) is -0.218. The Morgan fingerprint density at radius 1 is 0.944 bits per heavy atom. The van der Waals surface area contributed by atoms with E-state index in [1.54, 1.807) is 16.7 Å². The highest BCUT2D eigenvalue weighted by atomic mass is 32.2. The second-order valence-corrected chi connectivity index (χ2v) is 9.36. The van der Waals surface area contributed by atoms with Crippen LogP contribution in [0.4, 0.5) is 0 Å². The van der Waals surface area contributed by atoms with Gasteiger partial charge in [-0.05, 0) is 60.0 Å². The first kappa shape index (κ1) is 23.5. The lowest BCUT2D eigenvalue weighted by Crippen LogP contribution is -2.25. The van der Waals surface area contributed by atoms with Crippen LogP contribution >= 0.6 is 11.8 Å². The lowest BCUT2D eigenvalue weighted by atomic mass is 10.0. The summed E-state index contributed by atoms with van der Waals surface area (Å²) in [4.78, 5) is 30.8. The number of thioether (sulfide) groups is 1. The number of carbonyl (C=O) groups excluding carboxylic acids is 1. The maximum atomic E-state index is 13.4. The van der Waals surface area contributed by atoms with Crippen LogP contribution in [0.25, 0.3) is 27.4 Å². The Morgan fingerprint density at radius 3 is 2.50 bits per heavy atom. The fourth-order valence-corrected chi connectivity index (χ4v) is 4.82. The summed E-state index contributed by atoms with van der Waals surface area (Å²) in [6.45, 7) is 3.81. The van der Waals surface area contributed by atoms with Crippen molar-refractivity contribution in [2.24, 2.45) is 5.10 Å². The van der Waals surface area contributed by atoms with Crippen molar-refractivity contribution < 1.29 is 4.79 Å². The average Bonchev–Trinajstić information content (AvgIpc) is 2.91. The summed E-state index contributed by atoms with van der Waals surface area (Å²) in [7, 11) is 0. The minimum Gasteiger partial charge on any atom is -0.272 e. The summed E-state index contributed by atoms with van der Waals surface area (Å²) < 4.78 is 1.58. The molecule has 178 valence electrons. The SMILES string of the molecule is C/C(=N\NC(=O)CSc1nc2ccccc2c(=O)n1-c1ccccc1C)c1ccc2ccccc2c1. The average molecular weight is 493 g/mol. The minimum atomic E-state index is -0.279. The molecule has 0 fully saturated rings. The number of hydrogen-bond acceptors (Lipinski definition) is 5. The van der Waals surface area contributed by atoms with Crippen LogP contribution in [0.1, 0.15) is 18.1 Å². The van der Waals surface area contributed by atoms with Crippen LogP contribution in [0.2, 0.25) is 0 Å². The van der Waals surface area contributed by atoms with E-state index < -0.39 is 0 Å². The molecule has 4 aromatic carbocycles. The summed E-state index contributed by atoms with van der Waals surface area (Å²) in [5, 5.41) is 7.54. The van der Waals surface area contributed by atoms with E-state index in [2.05, 4.69) is 22.7 Å². The third-order valence-corrected chi connectivity index (χ3v) is 6.89. The molecule has 7 heteroatoms. The van der Waals surface area contributed by atoms with Gasteiger partial charge in [0.05, 0.1) is 28.1 Å². The smallest absolute Gasteiger partial charge is 0.266 e. The van der Waals surface area contributed by atoms with Crippen molar-refractivity contribution in [2.45, 2.75) is 19.0 Å². The first-order valence-corrected chi connectivity index (χ1v) is 12.5. The van der Waals surface area contributed by atoms with E-state index in [1.165, 1.54) is 11.8 Å². The molecular formula is C29H24N4O2S. The number of para-hydroxylation sites is 2. The van der Waals surface area contributed by atoms with E-state index >= 15 is 0 Å². The van der Waals surface area contributed by atoms with Crippen molar-refractivity contribution in [3.8, 4) is 5.69 Å². The largest absolute Gasteiger partial charge is 0.272 e. The number of aromatic nitrogens is 2. The molecule has 5 aromatic rings. The van der Waals surface area contributed by atoms with Crippen LogP contribution in [0.5, 0.6) is 0 Å². The van der Waals surface area contributed by atoms with E-state index in [0.717, 1.165) is 27.6 Å². The van der Waals surface area contributed by atoms with Gasteiger partial charge in [0.15, 0.2) is 5.16 Å². The summed E-state index contributed by atoms with van der Waals surface area (Å²) in [6, 6.07) is 29.1. The van der Waals surface area contributed by atoms with Gasteiger partial charge in [-0.1, -0.05) is 78.5 Å². The minimum absolute atomic E-state index is 0.0607. The van der Waals surface area contributed by atoms with Crippen LogP contribution in [-0.4, -0.2) is 26.9 Å². The molecule has 1 N–H and O–H groups in total. The summed E-state index contributed by atoms with van der Waals surface area (Å²) >= 11 is 1.21. The van der Waals surface area contributed by atoms with Crippen molar-refractivity contribution in [3.05, 3.63) is 112 Å². The standard InChI is InChI=1S/C29H24N4O2S/c1-19-9-3-8-14-26(19)33-28(35)24-12-6-7-13-25(24)30-29(33)36-18-27(34)32-31-20(2)22-16-15-21-10-4-5-11-23(21)17-22/h3-17H,18H2,1-2H3,(H,32,34)/b31-20+. The number of rotatable bonds is 6. The quantitative estimate of drug-likeness (QED) is 0.147. The maximum Gasteiger partial charge on any atom is 0.266 e. The molecule has 36 heavy (non-hydrogen) atoms. The van der Waals surface area contributed by atoms with Crippen molar-refractivity contribution in [2.75, 3.05) is 5.75 Å². The van der Waals surface area contributed by atoms with Crippen LogP contribution in [-0.2, 0) is 4.79 Å². The Hall–Kier alpha value is -4.23. The van der Waals surface area contributed by atoms with Gasteiger partial charge in [-0.25, -0.2) is 10.4 Å². The molecule has 0 spiro atoms. The predicted molar refractivity (Wildman–Crippen MR) is 147 cm³/mol. The monoisotopic (exact) mass is 492 g/mol. The highest BCUT2D eigenvalue weighted by Gasteiger charge is 2.16. The molecule has 1 amide bonds. The Morgan fingerprint density at radius 2 is 1.67 bits per heavy atom. The number of nitrogens with zero attached hydrogens (tertiary/aromatic N) is 3. The highest BCUT2D eigenvalue weighted by Crippen LogP contribution is 2.23. The molecule has 1 heterocycles. The van der Waals surface area contributed by atoms with Crippen molar-refractivity contribution in [1.29, 1.82) is 0 Å². The van der Waals surface area contributed by atoms with Crippen LogP contribution in [0.3, 0.4) is 0 Å². The van der Waals surface area contributed by atoms with Crippen LogP contribution in [0, 0.1) is 6.92 Å². The number of hydrazone groups is 1. The number of nitrogens with one attached hydrogen (secondary N) is 1. The fraction of sp³-hybridized carbons (Fsp3) is 0.103. The Bertz CT molecular complexity index is 1690. The third kappa shape index (κ3) is 4.78. The zero-order valence-electron chi connectivity index (χ0n) is 19.9. The topological polar surface area (TPSA) is 76.3 Å². The van der Waals surface area contributed by atoms with E-state index in [0.29, 0.717) is 21.8 Å². The molecule has 0 bridgehead atoms. The van der Waals surface area contributed by atoms with Crippen LogP contribution < -0.4 is 11.0 Å². The second-order valence-electron chi connectivity index (χ2n) is 8.42. The molecule has 6 nitrogen and oxygen atoms in total. The Balaban J connectivity index is 1.38. The van der Waals surface area contributed by atoms with Crippen molar-refractivity contribution in [1.82, 2.24) is 15.0 Å². The van der Waals surface area contributed by atoms with Gasteiger partial charge in [0, 0.05) is 0 Å². The number of carbonyl (C=O) groups is 1. The van der Waals surface area contributed by atoms with E-state index in [1.807, 2.05) is 80.6 Å². The number of fused-ring (bicyclic) bond motifs is 2. The van der Waals surface area contributed by atoms with Gasteiger partial charge in [0.25, 0.3) is 11.5 Å². The maximum absolute atomic E-state index is 13.4. The summed E-state index contributed by atoms with van der Waals surface area (Å²) in [5.41, 5.74) is 6.40. The van der Waals surface area contributed by atoms with Crippen molar-refractivity contribution in [3.63, 3.8) is 0 Å². The van der Waals surface area contributed by atoms with E-state index in [-0.39, 0.29) is 17.2 Å². The normalized spacial score (nSPS) is 11.7. The molecule has 0 aliphatic carbocycles. The number of aryl methyl sites for hydroxylation is 1. The van der Waals surface area contributed by atoms with Crippen LogP contribution in [0.15, 0.2) is 106 Å². The van der Waals surface area contributed by atoms with Gasteiger partial charge in [0.2, 0.25) is 0 Å². The number of hydrogen-bond donors (Lipinski definition) is 1. The van der Waals surface area contributed by atoms with E-state index in [4.69, 9.17) is 4.98 Å². The number of amides is 1. The number of benzene rings is 4. The highest BCUT2D eigenvalue weighted by molar-refractivity contribution is 7.99. The third-order valence-electron chi connectivity index (χ3n) is 5.95. The zero-order chi connectivity index (χ0) is 25.1. The molecule has 0 atom stereocenters. The Kier molecular flexibility index (Phi) is 6.64. The zero-order valence-corrected chi connectivity index (χ0v) is 20.8.